The van der Waals surface area contributed by atoms with E-state index in [0.29, 0.717) is 10.8 Å². The predicted octanol–water partition coefficient (Wildman–Crippen LogP) is 3.45. The van der Waals surface area contributed by atoms with E-state index in [9.17, 15) is 36.3 Å². The summed E-state index contributed by atoms with van der Waals surface area (Å²) in [7, 11) is -4.34. The molecule has 0 aliphatic carbocycles. The highest BCUT2D eigenvalue weighted by Crippen LogP contribution is 2.31. The number of nitrogens with one attached hydrogen (secondary N) is 1. The van der Waals surface area contributed by atoms with E-state index in [1.807, 2.05) is 24.3 Å². The summed E-state index contributed by atoms with van der Waals surface area (Å²) < 4.78 is 69.9. The number of hydrogen-bond acceptors (Lipinski definition) is 9. The first kappa shape index (κ1) is 30.6. The van der Waals surface area contributed by atoms with Crippen molar-refractivity contribution < 1.29 is 41.0 Å². The number of carbonyl (C=O) groups is 2. The van der Waals surface area contributed by atoms with Gasteiger partial charge >= 0.3 is 12.3 Å². The zero-order chi connectivity index (χ0) is 30.9. The van der Waals surface area contributed by atoms with Crippen LogP contribution in [0.2, 0.25) is 0 Å². The van der Waals surface area contributed by atoms with Gasteiger partial charge < -0.3 is 25.0 Å². The van der Waals surface area contributed by atoms with Crippen LogP contribution in [0, 0.1) is 6.92 Å². The molecule has 3 aromatic rings. The number of carboxylic acids is 1. The Bertz CT molecular complexity index is 1590. The van der Waals surface area contributed by atoms with Crippen molar-refractivity contribution in [2.45, 2.75) is 37.2 Å². The number of carbonyl (C=O) groups excluding carboxylic acids is 1. The molecule has 0 saturated carbocycles. The largest absolute Gasteiger partial charge is 0.573 e. The molecule has 43 heavy (non-hydrogen) atoms. The second kappa shape index (κ2) is 12.0. The second-order valence-corrected chi connectivity index (χ2v) is 12.9. The first-order chi connectivity index (χ1) is 20.3. The molecule has 2 aliphatic rings. The van der Waals surface area contributed by atoms with Crippen molar-refractivity contribution in [2.24, 2.45) is 0 Å². The summed E-state index contributed by atoms with van der Waals surface area (Å²) in [6.45, 7) is 3.47. The maximum Gasteiger partial charge on any atom is 0.573 e. The second-order valence-electron chi connectivity index (χ2n) is 10.0. The maximum atomic E-state index is 13.7. The molecule has 2 saturated heterocycles. The lowest BCUT2D eigenvalue weighted by molar-refractivity contribution is -0.274. The van der Waals surface area contributed by atoms with Crippen LogP contribution in [0.1, 0.15) is 27.3 Å². The van der Waals surface area contributed by atoms with Crippen LogP contribution in [0.15, 0.2) is 53.4 Å². The van der Waals surface area contributed by atoms with Crippen molar-refractivity contribution in [3.8, 4) is 5.75 Å². The highest BCUT2D eigenvalue weighted by Gasteiger charge is 2.41. The minimum absolute atomic E-state index is 0.0360. The predicted molar refractivity (Wildman–Crippen MR) is 152 cm³/mol. The third kappa shape index (κ3) is 6.86. The summed E-state index contributed by atoms with van der Waals surface area (Å²) >= 11 is 0.925. The van der Waals surface area contributed by atoms with Crippen LogP contribution >= 0.6 is 11.3 Å². The van der Waals surface area contributed by atoms with Crippen molar-refractivity contribution >= 4 is 44.1 Å². The van der Waals surface area contributed by atoms with Crippen LogP contribution in [-0.4, -0.2) is 79.8 Å². The number of alkyl halides is 3. The van der Waals surface area contributed by atoms with Gasteiger partial charge in [0.1, 0.15) is 16.7 Å². The fourth-order valence-corrected chi connectivity index (χ4v) is 7.32. The fraction of sp³-hybridized carbons (Fsp3) is 0.370. The van der Waals surface area contributed by atoms with E-state index in [1.165, 1.54) is 0 Å². The smallest absolute Gasteiger partial charge is 0.477 e. The lowest BCUT2D eigenvalue weighted by Crippen LogP contribution is -2.60. The normalized spacial score (nSPS) is 17.8. The molecule has 0 spiro atoms. The van der Waals surface area contributed by atoms with Gasteiger partial charge in [-0.3, -0.25) is 4.79 Å². The van der Waals surface area contributed by atoms with Gasteiger partial charge in [0.25, 0.3) is 0 Å². The number of anilines is 2. The molecule has 2 fully saturated rings. The minimum atomic E-state index is -4.94. The third-order valence-electron chi connectivity index (χ3n) is 7.17. The van der Waals surface area contributed by atoms with Crippen molar-refractivity contribution in [1.82, 2.24) is 14.6 Å². The number of ether oxygens (including phenoxy) is 1. The van der Waals surface area contributed by atoms with Gasteiger partial charge in [0.15, 0.2) is 5.13 Å². The average Bonchev–Trinajstić information content (AvgIpc) is 3.32. The van der Waals surface area contributed by atoms with Gasteiger partial charge in [-0.2, -0.15) is 4.31 Å². The van der Waals surface area contributed by atoms with Crippen molar-refractivity contribution in [3.63, 3.8) is 0 Å². The molecule has 2 N–H and O–H groups in total. The molecular formula is C27H28F3N5O6S2. The van der Waals surface area contributed by atoms with Crippen LogP contribution in [0.5, 0.6) is 5.75 Å². The molecule has 1 atom stereocenters. The first-order valence-corrected chi connectivity index (χ1v) is 15.5. The molecule has 2 aliphatic heterocycles. The van der Waals surface area contributed by atoms with E-state index in [-0.39, 0.29) is 36.0 Å². The molecule has 11 nitrogen and oxygen atoms in total. The number of hydrogen-bond donors (Lipinski definition) is 2. The molecule has 0 bridgehead atoms. The van der Waals surface area contributed by atoms with Gasteiger partial charge in [-0.25, -0.2) is 18.2 Å². The van der Waals surface area contributed by atoms with Crippen molar-refractivity contribution in [2.75, 3.05) is 42.5 Å². The minimum Gasteiger partial charge on any atom is -0.477 e. The quantitative estimate of drug-likeness (QED) is 0.361. The molecular weight excluding hydrogens is 611 g/mol. The summed E-state index contributed by atoms with van der Waals surface area (Å²) in [6, 6.07) is 10.2. The highest BCUT2D eigenvalue weighted by atomic mass is 32.2. The molecule has 1 aromatic heterocycles. The fourth-order valence-electron chi connectivity index (χ4n) is 4.81. The Kier molecular flexibility index (Phi) is 8.54. The number of halogens is 3. The Morgan fingerprint density at radius 3 is 2.28 bits per heavy atom. The maximum absolute atomic E-state index is 13.7. The molecule has 1 amide bonds. The molecule has 3 heterocycles. The van der Waals surface area contributed by atoms with E-state index in [1.54, 1.807) is 11.8 Å². The number of carboxylic acid groups (broad SMARTS) is 1. The Morgan fingerprint density at radius 1 is 1.05 bits per heavy atom. The summed E-state index contributed by atoms with van der Waals surface area (Å²) in [5, 5.41) is 12.6. The first-order valence-electron chi connectivity index (χ1n) is 13.3. The summed E-state index contributed by atoms with van der Waals surface area (Å²) in [6.07, 6.45) is -3.80. The zero-order valence-electron chi connectivity index (χ0n) is 22.9. The standard InChI is InChI=1S/C27H28F3N5O6S2/c1-17-23(25(37)38)42-26(32-17)34-13-14-35(43(39,40)21-9-7-20(8-10-21)41-27(28,29)30)22(16-34)24(36)31-15-18-3-5-19(6-4-18)33-11-2-12-33/h3-10,22H,2,11-16H2,1H3,(H,31,36)(H,37,38)/t22-/m1/s1. The number of thiazole rings is 1. The number of benzene rings is 2. The number of nitrogens with zero attached hydrogens (tertiary/aromatic N) is 4. The van der Waals surface area contributed by atoms with Crippen molar-refractivity contribution in [1.29, 1.82) is 0 Å². The summed E-state index contributed by atoms with van der Waals surface area (Å²) in [5.41, 5.74) is 2.18. The van der Waals surface area contributed by atoms with Crippen LogP contribution in [0.4, 0.5) is 24.0 Å². The van der Waals surface area contributed by atoms with Gasteiger partial charge in [0.2, 0.25) is 15.9 Å². The average molecular weight is 640 g/mol. The number of rotatable bonds is 9. The zero-order valence-corrected chi connectivity index (χ0v) is 24.5. The van der Waals surface area contributed by atoms with Crippen LogP contribution in [0.3, 0.4) is 0 Å². The number of aromatic nitrogens is 1. The lowest BCUT2D eigenvalue weighted by atomic mass is 10.1. The number of piperazine rings is 1. The van der Waals surface area contributed by atoms with Crippen LogP contribution in [-0.2, 0) is 21.4 Å². The molecule has 0 unspecified atom stereocenters. The third-order valence-corrected chi connectivity index (χ3v) is 10.3. The lowest BCUT2D eigenvalue weighted by Gasteiger charge is -2.39. The Balaban J connectivity index is 1.37. The summed E-state index contributed by atoms with van der Waals surface area (Å²) in [5.74, 6) is -2.32. The number of aryl methyl sites for hydroxylation is 1. The molecule has 5 rings (SSSR count). The Labute approximate surface area is 249 Å². The molecule has 16 heteroatoms. The van der Waals surface area contributed by atoms with Gasteiger partial charge in [0, 0.05) is 45.0 Å². The summed E-state index contributed by atoms with van der Waals surface area (Å²) in [4.78, 5) is 33.0. The van der Waals surface area contributed by atoms with Crippen LogP contribution < -0.4 is 19.9 Å². The van der Waals surface area contributed by atoms with Crippen LogP contribution in [0.25, 0.3) is 0 Å². The number of amides is 1. The molecule has 2 aromatic carbocycles. The van der Waals surface area contributed by atoms with E-state index >= 15 is 0 Å². The van der Waals surface area contributed by atoms with Gasteiger partial charge in [-0.1, -0.05) is 23.5 Å². The molecule has 0 radical (unpaired) electrons. The monoisotopic (exact) mass is 639 g/mol. The van der Waals surface area contributed by atoms with Gasteiger partial charge in [-0.15, -0.1) is 13.2 Å². The van der Waals surface area contributed by atoms with E-state index < -0.39 is 40.1 Å². The van der Waals surface area contributed by atoms with Gasteiger partial charge in [0.05, 0.1) is 10.6 Å². The van der Waals surface area contributed by atoms with Gasteiger partial charge in [-0.05, 0) is 55.3 Å². The Morgan fingerprint density at radius 2 is 1.72 bits per heavy atom. The highest BCUT2D eigenvalue weighted by molar-refractivity contribution is 7.89. The van der Waals surface area contributed by atoms with Crippen molar-refractivity contribution in [3.05, 3.63) is 64.7 Å². The van der Waals surface area contributed by atoms with E-state index in [4.69, 9.17) is 0 Å². The number of aromatic carboxylic acids is 1. The SMILES string of the molecule is Cc1nc(N2CCN(S(=O)(=O)c3ccc(OC(F)(F)F)cc3)[C@@H](C(=O)NCc3ccc(N4CCC4)cc3)C2)sc1C(=O)O. The Hall–Kier alpha value is -3.89. The topological polar surface area (TPSA) is 132 Å². The molecule has 230 valence electrons. The van der Waals surface area contributed by atoms with E-state index in [2.05, 4.69) is 19.9 Å². The number of sulfonamides is 1. The van der Waals surface area contributed by atoms with E-state index in [0.717, 1.165) is 70.7 Å².